The Labute approximate surface area is 122 Å². The first-order valence-corrected chi connectivity index (χ1v) is 7.08. The van der Waals surface area contributed by atoms with Gasteiger partial charge >= 0.3 is 0 Å². The van der Waals surface area contributed by atoms with Crippen molar-refractivity contribution in [3.05, 3.63) is 71.3 Å². The third-order valence-corrected chi connectivity index (χ3v) is 4.02. The molecule has 0 fully saturated rings. The number of fused-ring (bicyclic) bond motifs is 2. The molecule has 0 N–H and O–H groups in total. The molecule has 0 amide bonds. The Morgan fingerprint density at radius 2 is 1.29 bits per heavy atom. The van der Waals surface area contributed by atoms with Gasteiger partial charge in [0.15, 0.2) is 0 Å². The highest BCUT2D eigenvalue weighted by molar-refractivity contribution is 5.65. The topological polar surface area (TPSA) is 34.6 Å². The average Bonchev–Trinajstić information content (AvgIpc) is 3.06. The minimum atomic E-state index is 0.850. The molecule has 4 aromatic rings. The maximum Gasteiger partial charge on any atom is 0.0726 e. The fraction of sp³-hybridized carbons (Fsp3) is 0.176. The van der Waals surface area contributed by atoms with E-state index in [0.717, 1.165) is 6.42 Å². The molecule has 4 heteroatoms. The van der Waals surface area contributed by atoms with Crippen molar-refractivity contribution in [3.8, 4) is 0 Å². The molecule has 0 aliphatic carbocycles. The smallest absolute Gasteiger partial charge is 0.0726 e. The first-order chi connectivity index (χ1) is 10.2. The van der Waals surface area contributed by atoms with E-state index in [1.165, 1.54) is 33.3 Å². The second-order valence-electron chi connectivity index (χ2n) is 5.49. The van der Waals surface area contributed by atoms with E-state index in [-0.39, 0.29) is 0 Å². The van der Waals surface area contributed by atoms with Gasteiger partial charge in [-0.3, -0.25) is 0 Å². The molecule has 0 aliphatic heterocycles. The van der Waals surface area contributed by atoms with Gasteiger partial charge in [0.05, 0.1) is 23.4 Å². The molecule has 4 heterocycles. The highest BCUT2D eigenvalue weighted by Crippen LogP contribution is 2.22. The summed E-state index contributed by atoms with van der Waals surface area (Å²) in [7, 11) is 0. The zero-order chi connectivity index (χ0) is 14.4. The number of aryl methyl sites for hydroxylation is 2. The summed E-state index contributed by atoms with van der Waals surface area (Å²) in [5.41, 5.74) is 7.38. The third-order valence-electron chi connectivity index (χ3n) is 4.02. The molecular weight excluding hydrogens is 260 g/mol. The Hall–Kier alpha value is -2.62. The maximum absolute atomic E-state index is 4.45. The van der Waals surface area contributed by atoms with Crippen LogP contribution in [0.3, 0.4) is 0 Å². The van der Waals surface area contributed by atoms with E-state index in [1.54, 1.807) is 0 Å². The predicted molar refractivity (Wildman–Crippen MR) is 82.7 cm³/mol. The van der Waals surface area contributed by atoms with Crippen molar-refractivity contribution in [2.75, 3.05) is 0 Å². The number of nitrogens with zero attached hydrogens (tertiary/aromatic N) is 4. The number of hydrogen-bond acceptors (Lipinski definition) is 2. The highest BCUT2D eigenvalue weighted by atomic mass is 15.2. The van der Waals surface area contributed by atoms with E-state index in [9.17, 15) is 0 Å². The van der Waals surface area contributed by atoms with Crippen molar-refractivity contribution in [3.63, 3.8) is 0 Å². The van der Waals surface area contributed by atoms with Crippen molar-refractivity contribution in [1.82, 2.24) is 19.2 Å². The summed E-state index contributed by atoms with van der Waals surface area (Å²) >= 11 is 0. The first kappa shape index (κ1) is 12.1. The van der Waals surface area contributed by atoms with Crippen molar-refractivity contribution in [2.24, 2.45) is 0 Å². The monoisotopic (exact) mass is 276 g/mol. The second-order valence-corrected chi connectivity index (χ2v) is 5.49. The van der Waals surface area contributed by atoms with Crippen LogP contribution in [0.25, 0.3) is 11.0 Å². The Morgan fingerprint density at radius 3 is 1.76 bits per heavy atom. The fourth-order valence-corrected chi connectivity index (χ4v) is 3.05. The number of rotatable bonds is 2. The Balaban J connectivity index is 1.87. The molecule has 0 aliphatic rings. The molecule has 0 spiro atoms. The van der Waals surface area contributed by atoms with Gasteiger partial charge in [-0.05, 0) is 37.1 Å². The van der Waals surface area contributed by atoms with Gasteiger partial charge in [-0.2, -0.15) is 10.2 Å². The second kappa shape index (κ2) is 4.45. The lowest BCUT2D eigenvalue weighted by atomic mass is 10.0. The molecule has 21 heavy (non-hydrogen) atoms. The minimum absolute atomic E-state index is 0.850. The Bertz CT molecular complexity index is 868. The molecule has 4 rings (SSSR count). The molecule has 0 radical (unpaired) electrons. The van der Waals surface area contributed by atoms with Crippen molar-refractivity contribution < 1.29 is 0 Å². The first-order valence-electron chi connectivity index (χ1n) is 7.08. The Kier molecular flexibility index (Phi) is 2.57. The van der Waals surface area contributed by atoms with Gasteiger partial charge in [-0.1, -0.05) is 12.1 Å². The SMILES string of the molecule is Cc1cccn2ncc(Cc3cnn4cccc(C)c34)c12. The summed E-state index contributed by atoms with van der Waals surface area (Å²) in [4.78, 5) is 0. The molecule has 0 bridgehead atoms. The van der Waals surface area contributed by atoms with Crippen molar-refractivity contribution >= 4 is 11.0 Å². The highest BCUT2D eigenvalue weighted by Gasteiger charge is 2.11. The molecule has 0 saturated heterocycles. The van der Waals surface area contributed by atoms with E-state index in [0.29, 0.717) is 0 Å². The van der Waals surface area contributed by atoms with Crippen LogP contribution in [0.5, 0.6) is 0 Å². The number of aromatic nitrogens is 4. The molecule has 4 aromatic heterocycles. The summed E-state index contributed by atoms with van der Waals surface area (Å²) in [6, 6.07) is 8.31. The lowest BCUT2D eigenvalue weighted by molar-refractivity contribution is 0.956. The largest absolute Gasteiger partial charge is 0.240 e. The number of pyridine rings is 2. The zero-order valence-electron chi connectivity index (χ0n) is 12.1. The molecule has 4 nitrogen and oxygen atoms in total. The van der Waals surface area contributed by atoms with Gasteiger partial charge < -0.3 is 0 Å². The van der Waals surface area contributed by atoms with E-state index < -0.39 is 0 Å². The lowest BCUT2D eigenvalue weighted by Gasteiger charge is -2.03. The van der Waals surface area contributed by atoms with Gasteiger partial charge in [-0.25, -0.2) is 9.03 Å². The van der Waals surface area contributed by atoms with Crippen LogP contribution in [0, 0.1) is 13.8 Å². The third kappa shape index (κ3) is 1.83. The van der Waals surface area contributed by atoms with Gasteiger partial charge in [0, 0.05) is 29.9 Å². The summed E-state index contributed by atoms with van der Waals surface area (Å²) in [5, 5.41) is 8.90. The molecule has 0 saturated carbocycles. The molecule has 104 valence electrons. The van der Waals surface area contributed by atoms with Crippen LogP contribution in [0.1, 0.15) is 22.3 Å². The summed E-state index contributed by atoms with van der Waals surface area (Å²) < 4.78 is 3.90. The van der Waals surface area contributed by atoms with Crippen LogP contribution in [-0.2, 0) is 6.42 Å². The van der Waals surface area contributed by atoms with E-state index in [4.69, 9.17) is 0 Å². The lowest BCUT2D eigenvalue weighted by Crippen LogP contribution is -1.93. The molecule has 0 atom stereocenters. The zero-order valence-corrected chi connectivity index (χ0v) is 12.1. The van der Waals surface area contributed by atoms with Crippen molar-refractivity contribution in [1.29, 1.82) is 0 Å². The molecule has 0 unspecified atom stereocenters. The minimum Gasteiger partial charge on any atom is -0.240 e. The van der Waals surface area contributed by atoms with E-state index in [2.05, 4.69) is 36.2 Å². The fourth-order valence-electron chi connectivity index (χ4n) is 3.05. The van der Waals surface area contributed by atoms with Crippen LogP contribution in [0.2, 0.25) is 0 Å². The standard InChI is InChI=1S/C17H16N4/c1-12-5-3-7-20-16(12)14(10-18-20)9-15-11-19-21-8-4-6-13(2)17(15)21/h3-8,10-11H,9H2,1-2H3. The predicted octanol–water partition coefficient (Wildman–Crippen LogP) is 3.19. The van der Waals surface area contributed by atoms with Crippen LogP contribution in [0.15, 0.2) is 49.1 Å². The molecular formula is C17H16N4. The van der Waals surface area contributed by atoms with Crippen LogP contribution < -0.4 is 0 Å². The number of hydrogen-bond donors (Lipinski definition) is 0. The normalized spacial score (nSPS) is 11.5. The molecule has 0 aromatic carbocycles. The van der Waals surface area contributed by atoms with Gasteiger partial charge in [-0.15, -0.1) is 0 Å². The summed E-state index contributed by atoms with van der Waals surface area (Å²) in [6.45, 7) is 4.25. The quantitative estimate of drug-likeness (QED) is 0.563. The van der Waals surface area contributed by atoms with Gasteiger partial charge in [0.2, 0.25) is 0 Å². The summed E-state index contributed by atoms with van der Waals surface area (Å²) in [5.74, 6) is 0. The van der Waals surface area contributed by atoms with Crippen LogP contribution in [-0.4, -0.2) is 19.2 Å². The van der Waals surface area contributed by atoms with Crippen molar-refractivity contribution in [2.45, 2.75) is 20.3 Å². The average molecular weight is 276 g/mol. The summed E-state index contributed by atoms with van der Waals surface area (Å²) in [6.07, 6.45) is 8.76. The van der Waals surface area contributed by atoms with E-state index >= 15 is 0 Å². The van der Waals surface area contributed by atoms with Gasteiger partial charge in [0.1, 0.15) is 0 Å². The van der Waals surface area contributed by atoms with Gasteiger partial charge in [0.25, 0.3) is 0 Å². The maximum atomic E-state index is 4.45. The van der Waals surface area contributed by atoms with E-state index in [1.807, 2.05) is 46.0 Å². The van der Waals surface area contributed by atoms with Crippen LogP contribution in [0.4, 0.5) is 0 Å². The Morgan fingerprint density at radius 1 is 0.810 bits per heavy atom. The van der Waals surface area contributed by atoms with Crippen LogP contribution >= 0.6 is 0 Å².